The normalized spacial score (nSPS) is 21.6. The molecule has 0 unspecified atom stereocenters. The monoisotopic (exact) mass is 261 g/mol. The van der Waals surface area contributed by atoms with Crippen molar-refractivity contribution in [3.8, 4) is 5.69 Å². The topological polar surface area (TPSA) is 43.6 Å². The maximum atomic E-state index is 7.97. The molecule has 0 aliphatic carbocycles. The summed E-state index contributed by atoms with van der Waals surface area (Å²) in [5.41, 5.74) is -2.03. The number of rotatable bonds is 1. The van der Waals surface area contributed by atoms with Gasteiger partial charge in [0.1, 0.15) is 4.60 Å². The van der Waals surface area contributed by atoms with Gasteiger partial charge in [-0.2, -0.15) is 0 Å². The Morgan fingerprint density at radius 2 is 2.14 bits per heavy atom. The lowest BCUT2D eigenvalue weighted by molar-refractivity contribution is 0.797. The number of hydrogen-bond acceptors (Lipinski definition) is 3. The summed E-state index contributed by atoms with van der Waals surface area (Å²) in [6.45, 7) is -5.72. The van der Waals surface area contributed by atoms with Crippen LogP contribution in [0, 0.1) is 13.7 Å². The number of aryl methyl sites for hydroxylation is 2. The van der Waals surface area contributed by atoms with Gasteiger partial charge in [0, 0.05) is 19.6 Å². The van der Waals surface area contributed by atoms with Gasteiger partial charge in [-0.1, -0.05) is 5.21 Å². The van der Waals surface area contributed by atoms with Crippen LogP contribution in [0.3, 0.4) is 0 Å². The van der Waals surface area contributed by atoms with E-state index >= 15 is 0 Å². The zero-order chi connectivity index (χ0) is 17.7. The van der Waals surface area contributed by atoms with E-state index in [-0.39, 0.29) is 10.8 Å². The summed E-state index contributed by atoms with van der Waals surface area (Å²) in [7, 11) is 0. The van der Waals surface area contributed by atoms with Gasteiger partial charge in [-0.15, -0.1) is 5.10 Å². The first-order valence-corrected chi connectivity index (χ1v) is 4.25. The highest BCUT2D eigenvalue weighted by Gasteiger charge is 2.01. The maximum absolute atomic E-state index is 7.97. The van der Waals surface area contributed by atoms with E-state index in [2.05, 4.69) is 31.2 Å². The summed E-state index contributed by atoms with van der Waals surface area (Å²) in [4.78, 5) is 3.50. The molecule has 0 aliphatic heterocycles. The first kappa shape index (κ1) is 3.41. The van der Waals surface area contributed by atoms with E-state index in [1.165, 1.54) is 0 Å². The van der Waals surface area contributed by atoms with E-state index in [0.29, 0.717) is 0 Å². The van der Waals surface area contributed by atoms with Gasteiger partial charge < -0.3 is 0 Å². The standard InChI is InChI=1S/C9H9BrN4/c1-6-3-8(4-7(2)11-6)14-5-9(10)12-13-14/h3-5H,1-2H3/i1D3,2D3,3D,4D,5D. The predicted molar refractivity (Wildman–Crippen MR) is 56.3 cm³/mol. The van der Waals surface area contributed by atoms with Gasteiger partial charge in [-0.3, -0.25) is 4.98 Å². The first-order valence-electron chi connectivity index (χ1n) is 7.96. The Balaban J connectivity index is 2.93. The average molecular weight is 262 g/mol. The van der Waals surface area contributed by atoms with Crippen LogP contribution in [0.1, 0.15) is 23.7 Å². The van der Waals surface area contributed by atoms with Crippen molar-refractivity contribution < 1.29 is 12.3 Å². The van der Waals surface area contributed by atoms with E-state index in [1.807, 2.05) is 0 Å². The van der Waals surface area contributed by atoms with Crippen LogP contribution in [0.4, 0.5) is 0 Å². The summed E-state index contributed by atoms with van der Waals surface area (Å²) in [6.07, 6.45) is -0.355. The molecule has 14 heavy (non-hydrogen) atoms. The van der Waals surface area contributed by atoms with Crippen LogP contribution in [0.15, 0.2) is 22.9 Å². The summed E-state index contributed by atoms with van der Waals surface area (Å²) >= 11 is 2.94. The lowest BCUT2D eigenvalue weighted by atomic mass is 10.3. The van der Waals surface area contributed by atoms with Crippen molar-refractivity contribution in [2.24, 2.45) is 0 Å². The Labute approximate surface area is 103 Å². The molecule has 5 heteroatoms. The van der Waals surface area contributed by atoms with E-state index in [1.54, 1.807) is 0 Å². The summed E-state index contributed by atoms with van der Waals surface area (Å²) in [5, 5.41) is 7.08. The van der Waals surface area contributed by atoms with Crippen LogP contribution in [-0.2, 0) is 0 Å². The smallest absolute Gasteiger partial charge is 0.148 e. The van der Waals surface area contributed by atoms with Crippen molar-refractivity contribution in [2.75, 3.05) is 0 Å². The summed E-state index contributed by atoms with van der Waals surface area (Å²) in [6, 6.07) is -1.40. The highest BCUT2D eigenvalue weighted by molar-refractivity contribution is 9.10. The first-order chi connectivity index (χ1) is 10.4. The van der Waals surface area contributed by atoms with Gasteiger partial charge in [0.25, 0.3) is 0 Å². The summed E-state index contributed by atoms with van der Waals surface area (Å²) in [5.74, 6) is 0. The molecule has 0 atom stereocenters. The number of pyridine rings is 1. The largest absolute Gasteiger partial charge is 0.258 e. The number of hydrogen-bond donors (Lipinski definition) is 0. The van der Waals surface area contributed by atoms with Crippen molar-refractivity contribution >= 4 is 15.9 Å². The van der Waals surface area contributed by atoms with Crippen LogP contribution in [0.5, 0.6) is 0 Å². The SMILES string of the molecule is [2H]c1c(C([2H])([2H])[2H])nc(C([2H])([2H])[2H])c([2H])c1-n1nnc(Br)c1[2H]. The fraction of sp³-hybridized carbons (Fsp3) is 0.222. The minimum atomic E-state index is -2.86. The van der Waals surface area contributed by atoms with Gasteiger partial charge >= 0.3 is 0 Å². The van der Waals surface area contributed by atoms with Crippen molar-refractivity contribution in [3.05, 3.63) is 34.2 Å². The quantitative estimate of drug-likeness (QED) is 0.789. The van der Waals surface area contributed by atoms with Crippen molar-refractivity contribution in [1.82, 2.24) is 20.0 Å². The molecular weight excluding hydrogens is 244 g/mol. The molecule has 2 heterocycles. The average Bonchev–Trinajstić information content (AvgIpc) is 2.68. The van der Waals surface area contributed by atoms with Gasteiger partial charge in [0.05, 0.1) is 16.0 Å². The molecular formula is C9H9BrN4. The van der Waals surface area contributed by atoms with Gasteiger partial charge in [0.2, 0.25) is 0 Å². The number of nitrogens with zero attached hydrogens (tertiary/aromatic N) is 4. The highest BCUT2D eigenvalue weighted by Crippen LogP contribution is 2.11. The molecule has 0 amide bonds. The van der Waals surface area contributed by atoms with Crippen LogP contribution in [0.25, 0.3) is 5.69 Å². The molecule has 0 saturated carbocycles. The van der Waals surface area contributed by atoms with Gasteiger partial charge in [-0.25, -0.2) is 4.68 Å². The molecule has 0 fully saturated rings. The second-order valence-electron chi connectivity index (χ2n) is 2.31. The minimum Gasteiger partial charge on any atom is -0.258 e. The third kappa shape index (κ3) is 1.82. The molecule has 2 aromatic rings. The Hall–Kier alpha value is -1.23. The molecule has 0 aromatic carbocycles. The Morgan fingerprint density at radius 1 is 1.43 bits per heavy atom. The van der Waals surface area contributed by atoms with Gasteiger partial charge in [-0.05, 0) is 41.7 Å². The van der Waals surface area contributed by atoms with Crippen molar-refractivity contribution in [2.45, 2.75) is 13.7 Å². The van der Waals surface area contributed by atoms with E-state index < -0.39 is 42.9 Å². The summed E-state index contributed by atoms with van der Waals surface area (Å²) < 4.78 is 68.9. The van der Waals surface area contributed by atoms with Crippen LogP contribution >= 0.6 is 15.9 Å². The van der Waals surface area contributed by atoms with Crippen LogP contribution in [0.2, 0.25) is 0 Å². The molecule has 0 N–H and O–H groups in total. The van der Waals surface area contributed by atoms with Crippen LogP contribution in [-0.4, -0.2) is 20.0 Å². The fourth-order valence-corrected chi connectivity index (χ4v) is 1.08. The highest BCUT2D eigenvalue weighted by atomic mass is 79.9. The van der Waals surface area contributed by atoms with Crippen LogP contribution < -0.4 is 0 Å². The second-order valence-corrected chi connectivity index (χ2v) is 3.06. The molecule has 2 aromatic heterocycles. The Bertz CT molecular complexity index is 726. The molecule has 0 spiro atoms. The predicted octanol–water partition coefficient (Wildman–Crippen LogP) is 2.04. The Morgan fingerprint density at radius 3 is 2.64 bits per heavy atom. The molecule has 72 valence electrons. The number of aromatic nitrogens is 4. The zero-order valence-corrected chi connectivity index (χ0v) is 8.25. The Kier molecular flexibility index (Phi) is 0.851. The van der Waals surface area contributed by atoms with Crippen molar-refractivity contribution in [3.63, 3.8) is 0 Å². The third-order valence-electron chi connectivity index (χ3n) is 1.33. The molecule has 2 rings (SSSR count). The molecule has 0 radical (unpaired) electrons. The van der Waals surface area contributed by atoms with Crippen molar-refractivity contribution in [1.29, 1.82) is 0 Å². The fourth-order valence-electron chi connectivity index (χ4n) is 0.846. The molecule has 4 nitrogen and oxygen atoms in total. The van der Waals surface area contributed by atoms with E-state index in [0.717, 1.165) is 4.68 Å². The van der Waals surface area contributed by atoms with Gasteiger partial charge in [0.15, 0.2) is 0 Å². The van der Waals surface area contributed by atoms with E-state index in [4.69, 9.17) is 12.3 Å². The minimum absolute atomic E-state index is 0.000945. The molecule has 0 bridgehead atoms. The number of halogens is 1. The molecule has 0 saturated heterocycles. The zero-order valence-electron chi connectivity index (χ0n) is 15.7. The third-order valence-corrected chi connectivity index (χ3v) is 1.67. The van der Waals surface area contributed by atoms with E-state index in [9.17, 15) is 0 Å². The second kappa shape index (κ2) is 3.49. The lowest BCUT2D eigenvalue weighted by Crippen LogP contribution is -1.98. The molecule has 0 aliphatic rings. The maximum Gasteiger partial charge on any atom is 0.148 e. The lowest BCUT2D eigenvalue weighted by Gasteiger charge is -2.02.